The van der Waals surface area contributed by atoms with Gasteiger partial charge in [-0.3, -0.25) is 14.2 Å². The fourth-order valence-electron chi connectivity index (χ4n) is 6.57. The summed E-state index contributed by atoms with van der Waals surface area (Å²) in [6.45, 7) is 6.46. The third-order valence-electron chi connectivity index (χ3n) is 10.6. The molecule has 0 spiro atoms. The Morgan fingerprint density at radius 3 is 1.73 bits per heavy atom. The molecular weight excluding hydrogens is 806 g/mol. The quantitative estimate of drug-likeness (QED) is 0.0222. The maximum absolute atomic E-state index is 12.8. The zero-order chi connectivity index (χ0) is 45.7. The molecule has 0 radical (unpaired) electrons. The molecule has 0 aliphatic heterocycles. The number of phosphoric acid groups is 1. The van der Waals surface area contributed by atoms with Gasteiger partial charge in [0.2, 0.25) is 0 Å². The molecule has 0 saturated heterocycles. The van der Waals surface area contributed by atoms with Gasteiger partial charge in [0.25, 0.3) is 7.82 Å². The predicted octanol–water partition coefficient (Wildman–Crippen LogP) is 11.5. The van der Waals surface area contributed by atoms with Crippen molar-refractivity contribution in [2.75, 3.05) is 54.1 Å². The first-order valence-electron chi connectivity index (χ1n) is 23.8. The molecule has 0 aliphatic rings. The number of aryl methyl sites for hydroxylation is 2. The summed E-state index contributed by atoms with van der Waals surface area (Å²) >= 11 is 0. The number of unbranched alkanes of at least 4 members (excludes halogenated alkanes) is 13. The van der Waals surface area contributed by atoms with E-state index in [-0.39, 0.29) is 32.7 Å². The summed E-state index contributed by atoms with van der Waals surface area (Å²) in [5, 5.41) is 8.81. The van der Waals surface area contributed by atoms with Crippen LogP contribution in [0.1, 0.15) is 171 Å². The van der Waals surface area contributed by atoms with E-state index in [0.29, 0.717) is 30.3 Å². The maximum Gasteiger partial charge on any atom is 0.306 e. The number of esters is 2. The minimum atomic E-state index is -4.66. The Labute approximate surface area is 376 Å². The van der Waals surface area contributed by atoms with Gasteiger partial charge < -0.3 is 37.4 Å². The highest BCUT2D eigenvalue weighted by Crippen LogP contribution is 2.38. The van der Waals surface area contributed by atoms with E-state index in [0.717, 1.165) is 95.7 Å². The van der Waals surface area contributed by atoms with Gasteiger partial charge in [0.05, 0.1) is 27.7 Å². The first-order chi connectivity index (χ1) is 29.8. The Balaban J connectivity index is 2.37. The fourth-order valence-corrected chi connectivity index (χ4v) is 7.30. The van der Waals surface area contributed by atoms with Gasteiger partial charge in [0, 0.05) is 32.3 Å². The van der Waals surface area contributed by atoms with E-state index in [2.05, 4.69) is 63.3 Å². The Morgan fingerprint density at radius 1 is 0.661 bits per heavy atom. The molecule has 0 fully saturated rings. The minimum absolute atomic E-state index is 0.0528. The number of furan rings is 1. The van der Waals surface area contributed by atoms with Crippen molar-refractivity contribution >= 4 is 19.8 Å². The van der Waals surface area contributed by atoms with Crippen LogP contribution in [0.3, 0.4) is 0 Å². The highest BCUT2D eigenvalue weighted by atomic mass is 31.2. The molecule has 0 amide bonds. The standard InChI is InChI=1S/C50H86NO10P/c1-7-8-30-35-47-44(2)45(3)48(61-47)36-31-26-22-19-20-24-28-33-38-50(54)60-46(43-59-62(55,56)58-41-39-51(4,5)6)42-57-49(53)37-32-27-23-18-16-14-12-10-9-11-13-15-17-21-25-29-34-40-52/h9,11-12,14-15,17-18,23,46,52H,7-8,10,13,16,19-22,24-43H2,1-6H3/b11-9-,14-12-,17-15-,23-18-/t46-/m1/s1. The van der Waals surface area contributed by atoms with E-state index in [1.165, 1.54) is 49.0 Å². The average molecular weight is 892 g/mol. The first kappa shape index (κ1) is 57.2. The Bertz CT molecular complexity index is 1470. The van der Waals surface area contributed by atoms with Crippen LogP contribution in [-0.4, -0.2) is 81.7 Å². The van der Waals surface area contributed by atoms with Crippen LogP contribution in [-0.2, 0) is 45.5 Å². The molecule has 11 nitrogen and oxygen atoms in total. The molecule has 2 atom stereocenters. The number of ether oxygens (including phenoxy) is 2. The molecular formula is C50H86NO10P. The van der Waals surface area contributed by atoms with E-state index in [1.54, 1.807) is 0 Å². The number of hydrogen-bond donors (Lipinski definition) is 1. The Hall–Kier alpha value is -2.79. The third-order valence-corrected chi connectivity index (χ3v) is 11.6. The van der Waals surface area contributed by atoms with Gasteiger partial charge in [-0.25, -0.2) is 0 Å². The SMILES string of the molecule is CCCCCc1oc(CCCCCCCCCCC(=O)O[C@H](COC(=O)CCC/C=C\C/C=C\C/C=C\C/C=C\CCCCCO)COP(=O)([O-])OCC[N+](C)(C)C)c(C)c1C. The second-order valence-corrected chi connectivity index (χ2v) is 18.8. The lowest BCUT2D eigenvalue weighted by atomic mass is 10.0. The van der Waals surface area contributed by atoms with Crippen molar-refractivity contribution in [3.8, 4) is 0 Å². The van der Waals surface area contributed by atoms with Crippen LogP contribution >= 0.6 is 7.82 Å². The number of phosphoric ester groups is 1. The molecule has 1 aromatic rings. The topological polar surface area (TPSA) is 145 Å². The number of allylic oxidation sites excluding steroid dienone is 8. The summed E-state index contributed by atoms with van der Waals surface area (Å²) in [6, 6.07) is 0. The predicted molar refractivity (Wildman–Crippen MR) is 250 cm³/mol. The Kier molecular flexibility index (Phi) is 33.7. The van der Waals surface area contributed by atoms with E-state index < -0.39 is 32.5 Å². The van der Waals surface area contributed by atoms with Gasteiger partial charge in [-0.1, -0.05) is 113 Å². The molecule has 0 bridgehead atoms. The molecule has 1 aromatic heterocycles. The second kappa shape index (κ2) is 36.5. The number of aliphatic hydroxyl groups is 1. The molecule has 0 aromatic carbocycles. The smallest absolute Gasteiger partial charge is 0.306 e. The van der Waals surface area contributed by atoms with Gasteiger partial charge >= 0.3 is 11.9 Å². The van der Waals surface area contributed by atoms with E-state index in [1.807, 2.05) is 27.2 Å². The van der Waals surface area contributed by atoms with Gasteiger partial charge in [0.15, 0.2) is 6.10 Å². The van der Waals surface area contributed by atoms with Crippen molar-refractivity contribution in [1.82, 2.24) is 0 Å². The van der Waals surface area contributed by atoms with Gasteiger partial charge in [-0.15, -0.1) is 0 Å². The molecule has 1 unspecified atom stereocenters. The number of rotatable bonds is 40. The zero-order valence-corrected chi connectivity index (χ0v) is 40.6. The van der Waals surface area contributed by atoms with Crippen LogP contribution in [0.2, 0.25) is 0 Å². The first-order valence-corrected chi connectivity index (χ1v) is 25.3. The molecule has 62 heavy (non-hydrogen) atoms. The molecule has 0 aliphatic carbocycles. The average Bonchev–Trinajstić information content (AvgIpc) is 3.49. The number of carbonyl (C=O) groups excluding carboxylic acids is 2. The number of nitrogens with zero attached hydrogens (tertiary/aromatic N) is 1. The van der Waals surface area contributed by atoms with Gasteiger partial charge in [-0.2, -0.15) is 0 Å². The molecule has 356 valence electrons. The highest BCUT2D eigenvalue weighted by molar-refractivity contribution is 7.45. The summed E-state index contributed by atoms with van der Waals surface area (Å²) in [6.07, 6.45) is 38.4. The van der Waals surface area contributed by atoms with Crippen LogP contribution in [0.15, 0.2) is 53.0 Å². The maximum atomic E-state index is 12.8. The van der Waals surface area contributed by atoms with Crippen molar-refractivity contribution in [2.24, 2.45) is 0 Å². The molecule has 1 N–H and O–H groups in total. The fraction of sp³-hybridized carbons (Fsp3) is 0.720. The lowest BCUT2D eigenvalue weighted by Gasteiger charge is -2.28. The second-order valence-electron chi connectivity index (χ2n) is 17.4. The van der Waals surface area contributed by atoms with Crippen LogP contribution in [0, 0.1) is 13.8 Å². The van der Waals surface area contributed by atoms with Crippen LogP contribution in [0.5, 0.6) is 0 Å². The van der Waals surface area contributed by atoms with Crippen molar-refractivity contribution in [1.29, 1.82) is 0 Å². The van der Waals surface area contributed by atoms with E-state index in [9.17, 15) is 19.0 Å². The summed E-state index contributed by atoms with van der Waals surface area (Å²) in [5.74, 6) is 1.38. The number of quaternary nitrogens is 1. The summed E-state index contributed by atoms with van der Waals surface area (Å²) < 4.78 is 40.2. The lowest BCUT2D eigenvalue weighted by Crippen LogP contribution is -2.37. The van der Waals surface area contributed by atoms with Crippen LogP contribution < -0.4 is 4.89 Å². The summed E-state index contributed by atoms with van der Waals surface area (Å²) in [4.78, 5) is 37.7. The lowest BCUT2D eigenvalue weighted by molar-refractivity contribution is -0.870. The minimum Gasteiger partial charge on any atom is -0.756 e. The van der Waals surface area contributed by atoms with Crippen molar-refractivity contribution in [3.05, 3.63) is 71.3 Å². The molecule has 1 heterocycles. The molecule has 12 heteroatoms. The number of hydrogen-bond acceptors (Lipinski definition) is 10. The monoisotopic (exact) mass is 892 g/mol. The van der Waals surface area contributed by atoms with E-state index >= 15 is 0 Å². The number of aliphatic hydroxyl groups excluding tert-OH is 1. The highest BCUT2D eigenvalue weighted by Gasteiger charge is 2.22. The summed E-state index contributed by atoms with van der Waals surface area (Å²) in [5.41, 5.74) is 2.64. The van der Waals surface area contributed by atoms with Gasteiger partial charge in [-0.05, 0) is 95.6 Å². The van der Waals surface area contributed by atoms with Gasteiger partial charge in [0.1, 0.15) is 31.3 Å². The van der Waals surface area contributed by atoms with E-state index in [4.69, 9.17) is 28.0 Å². The van der Waals surface area contributed by atoms with Crippen LogP contribution in [0.25, 0.3) is 0 Å². The van der Waals surface area contributed by atoms with Crippen molar-refractivity contribution in [3.63, 3.8) is 0 Å². The van der Waals surface area contributed by atoms with Crippen LogP contribution in [0.4, 0.5) is 0 Å². The third kappa shape index (κ3) is 32.8. The Morgan fingerprint density at radius 2 is 1.16 bits per heavy atom. The van der Waals surface area contributed by atoms with Crippen molar-refractivity contribution in [2.45, 2.75) is 181 Å². The zero-order valence-electron chi connectivity index (χ0n) is 39.7. The van der Waals surface area contributed by atoms with Crippen molar-refractivity contribution < 1.29 is 51.6 Å². The normalized spacial score (nSPS) is 13.9. The molecule has 1 rings (SSSR count). The number of likely N-dealkylation sites (N-methyl/N-ethyl adjacent to an activating group) is 1. The number of carbonyl (C=O) groups is 2. The largest absolute Gasteiger partial charge is 0.756 e. The molecule has 0 saturated carbocycles. The summed E-state index contributed by atoms with van der Waals surface area (Å²) in [7, 11) is 1.09.